The van der Waals surface area contributed by atoms with Crippen LogP contribution < -0.4 is 16.0 Å². The highest BCUT2D eigenvalue weighted by molar-refractivity contribution is 5.93. The first-order valence-corrected chi connectivity index (χ1v) is 12.6. The van der Waals surface area contributed by atoms with Gasteiger partial charge in [-0.1, -0.05) is 67.2 Å². The Labute approximate surface area is 199 Å². The van der Waals surface area contributed by atoms with Crippen LogP contribution in [0.25, 0.3) is 0 Å². The van der Waals surface area contributed by atoms with Gasteiger partial charge in [0, 0.05) is 0 Å². The molecule has 3 amide bonds. The third-order valence-electron chi connectivity index (χ3n) is 6.13. The van der Waals surface area contributed by atoms with E-state index in [1.165, 1.54) is 0 Å². The Hall–Kier alpha value is -2.12. The lowest BCUT2D eigenvalue weighted by atomic mass is 9.94. The number of carbonyl (C=O) groups is 4. The lowest BCUT2D eigenvalue weighted by Gasteiger charge is -2.27. The summed E-state index contributed by atoms with van der Waals surface area (Å²) in [5.74, 6) is -1.80. The molecule has 8 heteroatoms. The van der Waals surface area contributed by atoms with Gasteiger partial charge in [0.2, 0.25) is 17.7 Å². The SMILES string of the molecule is CCCCCC[C@H](C)[C@@H]1CC(=O)N[C@@H](C(C)C)C(=O)N[C@@H](C)C(=O)N[C@H](CC(C)C)C(=O)O1. The molecule has 190 valence electrons. The number of amides is 3. The first kappa shape index (κ1) is 28.9. The van der Waals surface area contributed by atoms with Gasteiger partial charge in [-0.25, -0.2) is 4.79 Å². The number of nitrogens with one attached hydrogen (secondary N) is 3. The van der Waals surface area contributed by atoms with Gasteiger partial charge in [-0.05, 0) is 37.5 Å². The summed E-state index contributed by atoms with van der Waals surface area (Å²) in [5.41, 5.74) is 0. The average Bonchev–Trinajstić information content (AvgIpc) is 2.72. The molecule has 1 fully saturated rings. The van der Waals surface area contributed by atoms with E-state index < -0.39 is 42.0 Å². The molecule has 1 aliphatic rings. The molecule has 0 spiro atoms. The maximum absolute atomic E-state index is 13.1. The van der Waals surface area contributed by atoms with Gasteiger partial charge in [0.25, 0.3) is 0 Å². The van der Waals surface area contributed by atoms with Crippen LogP contribution in [0.3, 0.4) is 0 Å². The Morgan fingerprint density at radius 1 is 0.909 bits per heavy atom. The van der Waals surface area contributed by atoms with Crippen LogP contribution in [0, 0.1) is 17.8 Å². The second-order valence-corrected chi connectivity index (χ2v) is 10.2. The number of hydrogen-bond donors (Lipinski definition) is 3. The molecule has 1 aliphatic heterocycles. The van der Waals surface area contributed by atoms with Crippen molar-refractivity contribution < 1.29 is 23.9 Å². The summed E-state index contributed by atoms with van der Waals surface area (Å²) in [4.78, 5) is 51.5. The minimum atomic E-state index is -0.854. The third-order valence-corrected chi connectivity index (χ3v) is 6.13. The van der Waals surface area contributed by atoms with Crippen molar-refractivity contribution in [1.29, 1.82) is 0 Å². The first-order chi connectivity index (χ1) is 15.5. The molecule has 0 radical (unpaired) electrons. The Kier molecular flexibility index (Phi) is 12.4. The van der Waals surface area contributed by atoms with Crippen LogP contribution in [0.1, 0.15) is 93.4 Å². The lowest BCUT2D eigenvalue weighted by molar-refractivity contribution is -0.157. The fraction of sp³-hybridized carbons (Fsp3) is 0.840. The quantitative estimate of drug-likeness (QED) is 0.356. The summed E-state index contributed by atoms with van der Waals surface area (Å²) in [6.45, 7) is 13.3. The van der Waals surface area contributed by atoms with Crippen molar-refractivity contribution in [3.63, 3.8) is 0 Å². The number of hydrogen-bond acceptors (Lipinski definition) is 5. The molecule has 0 saturated carbocycles. The molecular weight excluding hydrogens is 422 g/mol. The van der Waals surface area contributed by atoms with Gasteiger partial charge in [-0.3, -0.25) is 14.4 Å². The summed E-state index contributed by atoms with van der Waals surface area (Å²) in [5, 5.41) is 8.20. The van der Waals surface area contributed by atoms with E-state index >= 15 is 0 Å². The number of esters is 1. The normalized spacial score (nSPS) is 26.5. The van der Waals surface area contributed by atoms with Crippen molar-refractivity contribution in [2.75, 3.05) is 0 Å². The van der Waals surface area contributed by atoms with Gasteiger partial charge >= 0.3 is 5.97 Å². The van der Waals surface area contributed by atoms with E-state index in [2.05, 4.69) is 22.9 Å². The third kappa shape index (κ3) is 10.1. The highest BCUT2D eigenvalue weighted by Gasteiger charge is 2.34. The zero-order chi connectivity index (χ0) is 25.1. The van der Waals surface area contributed by atoms with Crippen LogP contribution in [0.5, 0.6) is 0 Å². The molecule has 8 nitrogen and oxygen atoms in total. The highest BCUT2D eigenvalue weighted by Crippen LogP contribution is 2.21. The fourth-order valence-electron chi connectivity index (χ4n) is 3.97. The van der Waals surface area contributed by atoms with Gasteiger partial charge in [-0.2, -0.15) is 0 Å². The van der Waals surface area contributed by atoms with Crippen molar-refractivity contribution in [2.45, 2.75) is 118 Å². The number of cyclic esters (lactones) is 1. The zero-order valence-electron chi connectivity index (χ0n) is 21.5. The van der Waals surface area contributed by atoms with Gasteiger partial charge in [0.05, 0.1) is 6.42 Å². The molecule has 1 saturated heterocycles. The van der Waals surface area contributed by atoms with Crippen LogP contribution in [-0.4, -0.2) is 47.9 Å². The van der Waals surface area contributed by atoms with Crippen molar-refractivity contribution in [3.8, 4) is 0 Å². The standard InChI is InChI=1S/C25H45N3O5/c1-8-9-10-11-12-17(6)20-14-21(29)28-22(16(4)5)24(31)26-18(7)23(30)27-19(13-15(2)3)25(32)33-20/h15-20,22H,8-14H2,1-7H3,(H,26,31)(H,27,30)(H,28,29)/t17-,18-,19+,20-,22-/m0/s1. The molecule has 0 aromatic heterocycles. The molecule has 1 heterocycles. The predicted molar refractivity (Wildman–Crippen MR) is 128 cm³/mol. The number of ether oxygens (including phenoxy) is 1. The molecule has 5 atom stereocenters. The van der Waals surface area contributed by atoms with Gasteiger partial charge in [-0.15, -0.1) is 0 Å². The maximum Gasteiger partial charge on any atom is 0.328 e. The van der Waals surface area contributed by atoms with E-state index in [9.17, 15) is 19.2 Å². The van der Waals surface area contributed by atoms with E-state index in [1.807, 2.05) is 34.6 Å². The molecule has 33 heavy (non-hydrogen) atoms. The van der Waals surface area contributed by atoms with Crippen molar-refractivity contribution in [3.05, 3.63) is 0 Å². The molecule has 0 aromatic rings. The summed E-state index contributed by atoms with van der Waals surface area (Å²) in [7, 11) is 0. The number of rotatable bonds is 9. The fourth-order valence-corrected chi connectivity index (χ4v) is 3.97. The molecule has 0 bridgehead atoms. The van der Waals surface area contributed by atoms with Crippen LogP contribution in [-0.2, 0) is 23.9 Å². The minimum absolute atomic E-state index is 0.0188. The predicted octanol–water partition coefficient (Wildman–Crippen LogP) is 3.08. The van der Waals surface area contributed by atoms with E-state index in [-0.39, 0.29) is 30.1 Å². The second-order valence-electron chi connectivity index (χ2n) is 10.2. The van der Waals surface area contributed by atoms with E-state index in [4.69, 9.17) is 4.74 Å². The Morgan fingerprint density at radius 2 is 1.58 bits per heavy atom. The Balaban J connectivity index is 3.19. The van der Waals surface area contributed by atoms with Crippen LogP contribution in [0.15, 0.2) is 0 Å². The molecule has 0 aliphatic carbocycles. The minimum Gasteiger partial charge on any atom is -0.460 e. The first-order valence-electron chi connectivity index (χ1n) is 12.6. The zero-order valence-corrected chi connectivity index (χ0v) is 21.5. The highest BCUT2D eigenvalue weighted by atomic mass is 16.5. The van der Waals surface area contributed by atoms with E-state index in [0.29, 0.717) is 6.42 Å². The van der Waals surface area contributed by atoms with E-state index in [1.54, 1.807) is 6.92 Å². The summed E-state index contributed by atoms with van der Waals surface area (Å²) < 4.78 is 5.85. The van der Waals surface area contributed by atoms with E-state index in [0.717, 1.165) is 32.1 Å². The Bertz CT molecular complexity index is 664. The largest absolute Gasteiger partial charge is 0.460 e. The van der Waals surface area contributed by atoms with Crippen molar-refractivity contribution in [1.82, 2.24) is 16.0 Å². The Morgan fingerprint density at radius 3 is 2.15 bits per heavy atom. The lowest BCUT2D eigenvalue weighted by Crippen LogP contribution is -2.55. The second kappa shape index (κ2) is 14.2. The smallest absolute Gasteiger partial charge is 0.328 e. The van der Waals surface area contributed by atoms with Crippen molar-refractivity contribution >= 4 is 23.7 Å². The average molecular weight is 468 g/mol. The monoisotopic (exact) mass is 467 g/mol. The number of carbonyl (C=O) groups excluding carboxylic acids is 4. The topological polar surface area (TPSA) is 114 Å². The molecule has 0 aromatic carbocycles. The molecule has 0 unspecified atom stereocenters. The van der Waals surface area contributed by atoms with Crippen LogP contribution in [0.4, 0.5) is 0 Å². The summed E-state index contributed by atoms with van der Waals surface area (Å²) >= 11 is 0. The van der Waals surface area contributed by atoms with Gasteiger partial charge < -0.3 is 20.7 Å². The molecular formula is C25H45N3O5. The van der Waals surface area contributed by atoms with Gasteiger partial charge in [0.15, 0.2) is 0 Å². The molecule has 3 N–H and O–H groups in total. The van der Waals surface area contributed by atoms with Gasteiger partial charge in [0.1, 0.15) is 24.2 Å². The molecule has 1 rings (SSSR count). The summed E-state index contributed by atoms with van der Waals surface area (Å²) in [6, 6.07) is -2.47. The summed E-state index contributed by atoms with van der Waals surface area (Å²) in [6.07, 6.45) is 4.95. The maximum atomic E-state index is 13.1. The number of unbranched alkanes of at least 4 members (excludes halogenated alkanes) is 3. The van der Waals surface area contributed by atoms with Crippen molar-refractivity contribution in [2.24, 2.45) is 17.8 Å². The van der Waals surface area contributed by atoms with Crippen LogP contribution in [0.2, 0.25) is 0 Å². The van der Waals surface area contributed by atoms with Crippen LogP contribution >= 0.6 is 0 Å².